The maximum absolute atomic E-state index is 14.8. The number of hydrogen-bond donors (Lipinski definition) is 0. The van der Waals surface area contributed by atoms with Gasteiger partial charge in [0.05, 0.1) is 0 Å². The predicted octanol–water partition coefficient (Wildman–Crippen LogP) is 6.74. The van der Waals surface area contributed by atoms with Crippen LogP contribution in [0.15, 0.2) is 54.6 Å². The Hall–Kier alpha value is -2.12. The molecule has 0 nitrogen and oxygen atoms in total. The fourth-order valence-corrected chi connectivity index (χ4v) is 3.11. The van der Waals surface area contributed by atoms with Crippen LogP contribution in [0.3, 0.4) is 0 Å². The van der Waals surface area contributed by atoms with Crippen LogP contribution in [0.25, 0.3) is 22.3 Å². The minimum atomic E-state index is -0.209. The van der Waals surface area contributed by atoms with Gasteiger partial charge < -0.3 is 0 Å². The summed E-state index contributed by atoms with van der Waals surface area (Å²) in [5, 5.41) is 0.661. The van der Waals surface area contributed by atoms with Crippen LogP contribution in [-0.4, -0.2) is 0 Å². The molecule has 0 saturated heterocycles. The Balaban J connectivity index is 2.19. The highest BCUT2D eigenvalue weighted by Gasteiger charge is 2.13. The molecule has 0 unspecified atom stereocenters. The third-order valence-corrected chi connectivity index (χ3v) is 4.47. The topological polar surface area (TPSA) is 0 Å². The molecule has 0 aliphatic rings. The lowest BCUT2D eigenvalue weighted by Gasteiger charge is -2.14. The highest BCUT2D eigenvalue weighted by Crippen LogP contribution is 2.34. The van der Waals surface area contributed by atoms with Gasteiger partial charge in [0.2, 0.25) is 0 Å². The van der Waals surface area contributed by atoms with Crippen LogP contribution in [0.2, 0.25) is 5.02 Å². The van der Waals surface area contributed by atoms with Crippen molar-refractivity contribution >= 4 is 11.6 Å². The van der Waals surface area contributed by atoms with Crippen molar-refractivity contribution in [2.75, 3.05) is 0 Å². The summed E-state index contributed by atoms with van der Waals surface area (Å²) in [6.07, 6.45) is 0. The third kappa shape index (κ3) is 3.02. The summed E-state index contributed by atoms with van der Waals surface area (Å²) in [6.45, 7) is 6.02. The van der Waals surface area contributed by atoms with Crippen LogP contribution in [-0.2, 0) is 0 Å². The van der Waals surface area contributed by atoms with E-state index in [4.69, 9.17) is 11.6 Å². The van der Waals surface area contributed by atoms with Gasteiger partial charge in [-0.3, -0.25) is 0 Å². The first-order valence-electron chi connectivity index (χ1n) is 7.60. The number of hydrogen-bond acceptors (Lipinski definition) is 0. The highest BCUT2D eigenvalue weighted by atomic mass is 35.5. The minimum Gasteiger partial charge on any atom is -0.206 e. The fraction of sp³-hybridized carbons (Fsp3) is 0.143. The fourth-order valence-electron chi connectivity index (χ4n) is 2.94. The van der Waals surface area contributed by atoms with Crippen LogP contribution in [0.1, 0.15) is 16.7 Å². The second-order valence-corrected chi connectivity index (χ2v) is 6.36. The van der Waals surface area contributed by atoms with Gasteiger partial charge in [-0.15, -0.1) is 0 Å². The molecule has 116 valence electrons. The number of aryl methyl sites for hydroxylation is 3. The van der Waals surface area contributed by atoms with Crippen molar-refractivity contribution in [3.8, 4) is 22.3 Å². The molecule has 0 aliphatic heterocycles. The molecule has 0 bridgehead atoms. The predicted molar refractivity (Wildman–Crippen MR) is 96.5 cm³/mol. The second-order valence-electron chi connectivity index (χ2n) is 5.92. The normalized spacial score (nSPS) is 10.8. The maximum atomic E-state index is 14.8. The first kappa shape index (κ1) is 15.8. The molecule has 0 N–H and O–H groups in total. The molecule has 0 aliphatic carbocycles. The van der Waals surface area contributed by atoms with E-state index < -0.39 is 0 Å². The number of halogens is 2. The Morgan fingerprint density at radius 2 is 1.30 bits per heavy atom. The zero-order valence-electron chi connectivity index (χ0n) is 13.5. The summed E-state index contributed by atoms with van der Waals surface area (Å²) in [4.78, 5) is 0. The van der Waals surface area contributed by atoms with E-state index in [9.17, 15) is 4.39 Å². The van der Waals surface area contributed by atoms with E-state index in [1.807, 2.05) is 69.3 Å². The van der Waals surface area contributed by atoms with E-state index in [1.165, 1.54) is 0 Å². The molecule has 0 saturated carbocycles. The molecule has 0 fully saturated rings. The number of benzene rings is 3. The molecular weight excluding hydrogens is 307 g/mol. The summed E-state index contributed by atoms with van der Waals surface area (Å²) >= 11 is 6.11. The van der Waals surface area contributed by atoms with Gasteiger partial charge in [-0.1, -0.05) is 41.9 Å². The highest BCUT2D eigenvalue weighted by molar-refractivity contribution is 6.30. The summed E-state index contributed by atoms with van der Waals surface area (Å²) in [7, 11) is 0. The van der Waals surface area contributed by atoms with Gasteiger partial charge >= 0.3 is 0 Å². The SMILES string of the molecule is Cc1ccc(Cl)cc1-c1cc(F)c(-c2ccccc2C)cc1C. The first-order chi connectivity index (χ1) is 11.0. The van der Waals surface area contributed by atoms with Gasteiger partial charge in [-0.05, 0) is 78.4 Å². The summed E-state index contributed by atoms with van der Waals surface area (Å²) < 4.78 is 14.8. The van der Waals surface area contributed by atoms with Crippen LogP contribution in [0.5, 0.6) is 0 Å². The van der Waals surface area contributed by atoms with Crippen molar-refractivity contribution < 1.29 is 4.39 Å². The van der Waals surface area contributed by atoms with Gasteiger partial charge in [0, 0.05) is 10.6 Å². The Bertz CT molecular complexity index is 881. The van der Waals surface area contributed by atoms with E-state index in [2.05, 4.69) is 0 Å². The Morgan fingerprint density at radius 1 is 0.652 bits per heavy atom. The molecule has 0 heterocycles. The smallest absolute Gasteiger partial charge is 0.131 e. The zero-order valence-corrected chi connectivity index (χ0v) is 14.2. The lowest BCUT2D eigenvalue weighted by Crippen LogP contribution is -1.94. The van der Waals surface area contributed by atoms with E-state index in [0.29, 0.717) is 10.6 Å². The van der Waals surface area contributed by atoms with E-state index in [-0.39, 0.29) is 5.82 Å². The molecular formula is C21H18ClF. The maximum Gasteiger partial charge on any atom is 0.131 e. The van der Waals surface area contributed by atoms with Crippen LogP contribution >= 0.6 is 11.6 Å². The van der Waals surface area contributed by atoms with Crippen molar-refractivity contribution in [1.82, 2.24) is 0 Å². The molecule has 0 aromatic heterocycles. The summed E-state index contributed by atoms with van der Waals surface area (Å²) in [5.41, 5.74) is 6.63. The molecule has 0 spiro atoms. The molecule has 3 aromatic carbocycles. The molecule has 23 heavy (non-hydrogen) atoms. The zero-order chi connectivity index (χ0) is 16.6. The van der Waals surface area contributed by atoms with Gasteiger partial charge in [0.15, 0.2) is 0 Å². The average molecular weight is 325 g/mol. The van der Waals surface area contributed by atoms with Gasteiger partial charge in [-0.2, -0.15) is 0 Å². The second kappa shape index (κ2) is 6.17. The van der Waals surface area contributed by atoms with Crippen LogP contribution in [0.4, 0.5) is 4.39 Å². The molecule has 3 aromatic rings. The van der Waals surface area contributed by atoms with Crippen molar-refractivity contribution in [3.63, 3.8) is 0 Å². The average Bonchev–Trinajstić information content (AvgIpc) is 2.52. The Labute approximate surface area is 141 Å². The lowest BCUT2D eigenvalue weighted by molar-refractivity contribution is 0.631. The standard InChI is InChI=1S/C21H18ClF/c1-13-6-4-5-7-17(13)20-10-15(3)19(12-21(20)23)18-11-16(22)9-8-14(18)2/h4-12H,1-3H3. The number of rotatable bonds is 2. The minimum absolute atomic E-state index is 0.209. The Kier molecular flexibility index (Phi) is 4.23. The summed E-state index contributed by atoms with van der Waals surface area (Å²) in [5.74, 6) is -0.209. The summed E-state index contributed by atoms with van der Waals surface area (Å²) in [6, 6.07) is 17.1. The molecule has 0 radical (unpaired) electrons. The van der Waals surface area contributed by atoms with Crippen molar-refractivity contribution in [3.05, 3.63) is 82.1 Å². The van der Waals surface area contributed by atoms with Crippen LogP contribution < -0.4 is 0 Å². The van der Waals surface area contributed by atoms with Crippen LogP contribution in [0, 0.1) is 26.6 Å². The molecule has 3 rings (SSSR count). The quantitative estimate of drug-likeness (QED) is 0.489. The largest absolute Gasteiger partial charge is 0.206 e. The first-order valence-corrected chi connectivity index (χ1v) is 7.98. The molecule has 0 amide bonds. The van der Waals surface area contributed by atoms with Crippen molar-refractivity contribution in [2.24, 2.45) is 0 Å². The van der Waals surface area contributed by atoms with E-state index in [1.54, 1.807) is 6.07 Å². The lowest BCUT2D eigenvalue weighted by atomic mass is 9.92. The van der Waals surface area contributed by atoms with Gasteiger partial charge in [0.25, 0.3) is 0 Å². The third-order valence-electron chi connectivity index (χ3n) is 4.24. The Morgan fingerprint density at radius 3 is 2.04 bits per heavy atom. The van der Waals surface area contributed by atoms with E-state index in [0.717, 1.165) is 33.4 Å². The van der Waals surface area contributed by atoms with Gasteiger partial charge in [-0.25, -0.2) is 4.39 Å². The molecule has 0 atom stereocenters. The monoisotopic (exact) mass is 324 g/mol. The van der Waals surface area contributed by atoms with Crippen molar-refractivity contribution in [2.45, 2.75) is 20.8 Å². The van der Waals surface area contributed by atoms with Gasteiger partial charge in [0.1, 0.15) is 5.82 Å². The molecule has 2 heteroatoms. The van der Waals surface area contributed by atoms with Crippen molar-refractivity contribution in [1.29, 1.82) is 0 Å². The van der Waals surface area contributed by atoms with E-state index >= 15 is 0 Å².